The van der Waals surface area contributed by atoms with E-state index < -0.39 is 0 Å². The van der Waals surface area contributed by atoms with Crippen molar-refractivity contribution in [2.75, 3.05) is 0 Å². The summed E-state index contributed by atoms with van der Waals surface area (Å²) in [5.74, 6) is 1.21. The molecule has 0 spiro atoms. The molecule has 0 fully saturated rings. The van der Waals surface area contributed by atoms with Gasteiger partial charge in [0, 0.05) is 18.5 Å². The Labute approximate surface area is 154 Å². The molecule has 1 aromatic carbocycles. The van der Waals surface area contributed by atoms with Crippen LogP contribution in [0.3, 0.4) is 0 Å². The lowest BCUT2D eigenvalue weighted by molar-refractivity contribution is 0.0993. The number of hydrogen-bond donors (Lipinski definition) is 0. The van der Waals surface area contributed by atoms with Gasteiger partial charge < -0.3 is 4.57 Å². The summed E-state index contributed by atoms with van der Waals surface area (Å²) in [4.78, 5) is 12.8. The Morgan fingerprint density at radius 1 is 1.12 bits per heavy atom. The summed E-state index contributed by atoms with van der Waals surface area (Å²) in [5, 5.41) is 9.36. The zero-order chi connectivity index (χ0) is 18.0. The summed E-state index contributed by atoms with van der Waals surface area (Å²) < 4.78 is 2.20. The lowest BCUT2D eigenvalue weighted by Crippen LogP contribution is -2.16. The van der Waals surface area contributed by atoms with E-state index in [1.807, 2.05) is 19.1 Å². The minimum absolute atomic E-state index is 0.0982. The number of carbonyl (C=O) groups excluding carboxylic acids is 1. The van der Waals surface area contributed by atoms with E-state index in [9.17, 15) is 4.79 Å². The molecule has 4 nitrogen and oxygen atoms in total. The van der Waals surface area contributed by atoms with Gasteiger partial charge in [0.25, 0.3) is 0 Å². The van der Waals surface area contributed by atoms with Gasteiger partial charge in [-0.3, -0.25) is 4.79 Å². The van der Waals surface area contributed by atoms with Crippen molar-refractivity contribution in [2.24, 2.45) is 0 Å². The molecule has 0 amide bonds. The highest BCUT2D eigenvalue weighted by Crippen LogP contribution is 2.28. The standard InChI is InChI=1S/C20H27N3OS/c1-14(18(24)15-9-11-16(12-10-15)20(2,3)4)25-19-22-21-17-8-6-5-7-13-23(17)19/h9-12,14H,5-8,13H2,1-4H3/t14-/m0/s1. The third-order valence-corrected chi connectivity index (χ3v) is 5.84. The third-order valence-electron chi connectivity index (χ3n) is 4.76. The molecule has 25 heavy (non-hydrogen) atoms. The van der Waals surface area contributed by atoms with Crippen molar-refractivity contribution in [3.05, 3.63) is 41.2 Å². The van der Waals surface area contributed by atoms with Crippen molar-refractivity contribution in [1.29, 1.82) is 0 Å². The van der Waals surface area contributed by atoms with Crippen molar-refractivity contribution < 1.29 is 4.79 Å². The van der Waals surface area contributed by atoms with Gasteiger partial charge in [-0.25, -0.2) is 0 Å². The number of hydrogen-bond acceptors (Lipinski definition) is 4. The van der Waals surface area contributed by atoms with Crippen molar-refractivity contribution in [3.63, 3.8) is 0 Å². The Morgan fingerprint density at radius 3 is 2.52 bits per heavy atom. The Bertz CT molecular complexity index is 743. The number of Topliss-reactive ketones (excluding diaryl/α,β-unsaturated/α-hetero) is 1. The number of benzene rings is 1. The third kappa shape index (κ3) is 4.14. The van der Waals surface area contributed by atoms with E-state index in [2.05, 4.69) is 47.7 Å². The zero-order valence-electron chi connectivity index (χ0n) is 15.6. The Kier molecular flexibility index (Phi) is 5.32. The van der Waals surface area contributed by atoms with Gasteiger partial charge in [-0.15, -0.1) is 10.2 Å². The molecule has 2 aromatic rings. The van der Waals surface area contributed by atoms with Crippen LogP contribution in [0.25, 0.3) is 0 Å². The first kappa shape index (κ1) is 18.2. The molecule has 3 rings (SSSR count). The predicted molar refractivity (Wildman–Crippen MR) is 102 cm³/mol. The zero-order valence-corrected chi connectivity index (χ0v) is 16.4. The fraction of sp³-hybridized carbons (Fsp3) is 0.550. The van der Waals surface area contributed by atoms with Gasteiger partial charge in [-0.1, -0.05) is 63.2 Å². The van der Waals surface area contributed by atoms with E-state index >= 15 is 0 Å². The maximum absolute atomic E-state index is 12.8. The van der Waals surface area contributed by atoms with Gasteiger partial charge >= 0.3 is 0 Å². The number of ketones is 1. The predicted octanol–water partition coefficient (Wildman–Crippen LogP) is 4.67. The van der Waals surface area contributed by atoms with Crippen LogP contribution in [0, 0.1) is 0 Å². The number of aryl methyl sites for hydroxylation is 1. The van der Waals surface area contributed by atoms with Crippen molar-refractivity contribution in [1.82, 2.24) is 14.8 Å². The molecule has 2 heterocycles. The lowest BCUT2D eigenvalue weighted by Gasteiger charge is -2.19. The highest BCUT2D eigenvalue weighted by atomic mass is 32.2. The van der Waals surface area contributed by atoms with Gasteiger partial charge in [0.15, 0.2) is 10.9 Å². The number of nitrogens with zero attached hydrogens (tertiary/aromatic N) is 3. The van der Waals surface area contributed by atoms with E-state index in [0.717, 1.165) is 35.9 Å². The van der Waals surface area contributed by atoms with Crippen LogP contribution in [0.2, 0.25) is 0 Å². The first-order valence-electron chi connectivity index (χ1n) is 9.10. The second kappa shape index (κ2) is 7.32. The maximum Gasteiger partial charge on any atom is 0.191 e. The smallest absolute Gasteiger partial charge is 0.191 e. The fourth-order valence-electron chi connectivity index (χ4n) is 3.13. The number of carbonyl (C=O) groups is 1. The Hall–Kier alpha value is -1.62. The quantitative estimate of drug-likeness (QED) is 0.589. The van der Waals surface area contributed by atoms with Crippen LogP contribution in [0.1, 0.15) is 68.7 Å². The first-order chi connectivity index (χ1) is 11.9. The van der Waals surface area contributed by atoms with E-state index in [0.29, 0.717) is 0 Å². The summed E-state index contributed by atoms with van der Waals surface area (Å²) in [6.07, 6.45) is 4.57. The average Bonchev–Trinajstić information content (AvgIpc) is 2.80. The molecule has 0 unspecified atom stereocenters. The lowest BCUT2D eigenvalue weighted by atomic mass is 9.86. The van der Waals surface area contributed by atoms with Crippen LogP contribution in [-0.2, 0) is 18.4 Å². The topological polar surface area (TPSA) is 47.8 Å². The summed E-state index contributed by atoms with van der Waals surface area (Å²) in [6.45, 7) is 9.47. The van der Waals surface area contributed by atoms with Crippen LogP contribution < -0.4 is 0 Å². The van der Waals surface area contributed by atoms with Gasteiger partial charge in [-0.05, 0) is 30.7 Å². The van der Waals surface area contributed by atoms with Gasteiger partial charge in [0.1, 0.15) is 5.82 Å². The molecule has 1 aliphatic rings. The molecular weight excluding hydrogens is 330 g/mol. The minimum atomic E-state index is -0.169. The van der Waals surface area contributed by atoms with E-state index in [-0.39, 0.29) is 16.4 Å². The van der Waals surface area contributed by atoms with Gasteiger partial charge in [0.2, 0.25) is 0 Å². The van der Waals surface area contributed by atoms with E-state index in [1.165, 1.54) is 30.2 Å². The highest BCUT2D eigenvalue weighted by Gasteiger charge is 2.22. The van der Waals surface area contributed by atoms with Gasteiger partial charge in [0.05, 0.1) is 5.25 Å². The normalized spacial score (nSPS) is 16.2. The molecule has 0 saturated heterocycles. The summed E-state index contributed by atoms with van der Waals surface area (Å²) >= 11 is 1.53. The summed E-state index contributed by atoms with van der Waals surface area (Å²) in [7, 11) is 0. The summed E-state index contributed by atoms with van der Waals surface area (Å²) in [5.41, 5.74) is 2.11. The molecule has 1 aliphatic heterocycles. The van der Waals surface area contributed by atoms with E-state index in [1.54, 1.807) is 0 Å². The molecule has 1 atom stereocenters. The van der Waals surface area contributed by atoms with Crippen molar-refractivity contribution >= 4 is 17.5 Å². The minimum Gasteiger partial charge on any atom is -0.306 e. The fourth-order valence-corrected chi connectivity index (χ4v) is 4.10. The van der Waals surface area contributed by atoms with Crippen LogP contribution in [0.15, 0.2) is 29.4 Å². The van der Waals surface area contributed by atoms with Crippen LogP contribution in [0.4, 0.5) is 0 Å². The molecule has 0 N–H and O–H groups in total. The molecule has 0 saturated carbocycles. The number of fused-ring (bicyclic) bond motifs is 1. The summed E-state index contributed by atoms with van der Waals surface area (Å²) in [6, 6.07) is 8.02. The van der Waals surface area contributed by atoms with E-state index in [4.69, 9.17) is 0 Å². The van der Waals surface area contributed by atoms with Crippen LogP contribution in [0.5, 0.6) is 0 Å². The molecule has 0 aliphatic carbocycles. The molecule has 134 valence electrons. The van der Waals surface area contributed by atoms with Crippen molar-refractivity contribution in [3.8, 4) is 0 Å². The number of thioether (sulfide) groups is 1. The molecular formula is C20H27N3OS. The molecule has 0 radical (unpaired) electrons. The highest BCUT2D eigenvalue weighted by molar-refractivity contribution is 8.00. The number of aromatic nitrogens is 3. The second-order valence-electron chi connectivity index (χ2n) is 7.81. The largest absolute Gasteiger partial charge is 0.306 e. The van der Waals surface area contributed by atoms with Crippen LogP contribution >= 0.6 is 11.8 Å². The molecule has 1 aromatic heterocycles. The Balaban J connectivity index is 1.72. The first-order valence-corrected chi connectivity index (χ1v) is 9.98. The Morgan fingerprint density at radius 2 is 1.84 bits per heavy atom. The molecule has 5 heteroatoms. The van der Waals surface area contributed by atoms with Gasteiger partial charge in [-0.2, -0.15) is 0 Å². The monoisotopic (exact) mass is 357 g/mol. The SMILES string of the molecule is C[C@H](Sc1nnc2n1CCCCC2)C(=O)c1ccc(C(C)(C)C)cc1. The molecule has 0 bridgehead atoms. The number of rotatable bonds is 4. The second-order valence-corrected chi connectivity index (χ2v) is 9.12. The maximum atomic E-state index is 12.8. The average molecular weight is 358 g/mol. The van der Waals surface area contributed by atoms with Crippen molar-refractivity contribution in [2.45, 2.75) is 75.7 Å². The van der Waals surface area contributed by atoms with Crippen LogP contribution in [-0.4, -0.2) is 25.8 Å².